The Labute approximate surface area is 232 Å². The summed E-state index contributed by atoms with van der Waals surface area (Å²) in [5.74, 6) is 0. The molecule has 2 fully saturated rings. The van der Waals surface area contributed by atoms with Gasteiger partial charge in [0.2, 0.25) is 0 Å². The number of hydrogen-bond donors (Lipinski definition) is 2. The molecule has 10 nitrogen and oxygen atoms in total. The molecule has 2 aliphatic rings. The van der Waals surface area contributed by atoms with Crippen LogP contribution in [-0.2, 0) is 13.2 Å². The lowest BCUT2D eigenvalue weighted by atomic mass is 9.95. The molecule has 0 amide bonds. The Balaban J connectivity index is 1.44. The molecule has 222 valence electrons. The maximum absolute atomic E-state index is 14.4. The number of alkyl halides is 6. The first kappa shape index (κ1) is 26.8. The molecule has 5 aromatic rings. The van der Waals surface area contributed by atoms with Gasteiger partial charge in [-0.2, -0.15) is 28.4 Å². The van der Waals surface area contributed by atoms with Crippen molar-refractivity contribution in [1.29, 1.82) is 0 Å². The van der Waals surface area contributed by atoms with Gasteiger partial charge in [-0.1, -0.05) is 0 Å². The Hall–Kier alpha value is -4.08. The maximum atomic E-state index is 14.4. The minimum atomic E-state index is -4.87. The van der Waals surface area contributed by atoms with Crippen molar-refractivity contribution in [2.45, 2.75) is 50.5 Å². The Bertz CT molecular complexity index is 1940. The van der Waals surface area contributed by atoms with Crippen molar-refractivity contribution in [2.75, 3.05) is 19.7 Å². The van der Waals surface area contributed by atoms with Gasteiger partial charge in [0.05, 0.1) is 39.3 Å². The Morgan fingerprint density at radius 2 is 2.05 bits per heavy atom. The number of halogens is 6. The van der Waals surface area contributed by atoms with E-state index >= 15 is 0 Å². The van der Waals surface area contributed by atoms with Gasteiger partial charge in [0.1, 0.15) is 24.1 Å². The number of benzene rings is 1. The topological polar surface area (TPSA) is 110 Å². The summed E-state index contributed by atoms with van der Waals surface area (Å²) in [4.78, 5) is 22.2. The molecule has 6 heterocycles. The SMILES string of the molecule is Cc1cc2[nH]ncc2c(-n2nc(C(F)F)c3c4c(=O)[nH]c(OC[C@@]56CCCN5C[C@H](F)C6)nc4n(C)c32)c1C(F)(F)F. The lowest BCUT2D eigenvalue weighted by molar-refractivity contribution is -0.137. The number of fused-ring (bicyclic) bond motifs is 5. The fourth-order valence-corrected chi connectivity index (χ4v) is 6.80. The van der Waals surface area contributed by atoms with Gasteiger partial charge in [-0.05, 0) is 37.9 Å². The summed E-state index contributed by atoms with van der Waals surface area (Å²) in [6.45, 7) is 2.33. The second kappa shape index (κ2) is 8.96. The van der Waals surface area contributed by atoms with Crippen LogP contribution in [0.1, 0.15) is 42.5 Å². The van der Waals surface area contributed by atoms with Crippen molar-refractivity contribution in [3.8, 4) is 11.7 Å². The van der Waals surface area contributed by atoms with Crippen LogP contribution in [0.5, 0.6) is 6.01 Å². The van der Waals surface area contributed by atoms with Crippen molar-refractivity contribution in [2.24, 2.45) is 7.05 Å². The van der Waals surface area contributed by atoms with Crippen molar-refractivity contribution in [1.82, 2.24) is 39.4 Å². The van der Waals surface area contributed by atoms with Crippen molar-refractivity contribution in [3.05, 3.63) is 39.4 Å². The molecule has 1 aromatic carbocycles. The standard InChI is InChI=1S/C26H24F6N8O2/c1-11-6-14-13(8-33-36-14)19(17(11)26(30,31)32)40-23-15(18(37-40)20(28)29)16-21(38(23)2)34-24(35-22(16)41)42-10-25-4-3-5-39(25)9-12(27)7-25/h6,8,12,20H,3-5,7,9-10H2,1-2H3,(H,33,36)(H,34,35,41)/t12-,25+/m1/s1. The third kappa shape index (κ3) is 3.76. The third-order valence-corrected chi connectivity index (χ3v) is 8.51. The predicted molar refractivity (Wildman–Crippen MR) is 139 cm³/mol. The van der Waals surface area contributed by atoms with Crippen LogP contribution in [0.4, 0.5) is 26.3 Å². The Kier molecular flexibility index (Phi) is 5.72. The lowest BCUT2D eigenvalue weighted by Crippen LogP contribution is -2.43. The average Bonchev–Trinajstić information content (AvgIpc) is 3.69. The molecule has 0 spiro atoms. The van der Waals surface area contributed by atoms with Crippen LogP contribution in [0, 0.1) is 6.92 Å². The summed E-state index contributed by atoms with van der Waals surface area (Å²) in [5.41, 5.74) is -4.04. The van der Waals surface area contributed by atoms with Gasteiger partial charge in [-0.25, -0.2) is 17.9 Å². The van der Waals surface area contributed by atoms with E-state index in [9.17, 15) is 31.1 Å². The van der Waals surface area contributed by atoms with Crippen LogP contribution in [0.15, 0.2) is 17.1 Å². The highest BCUT2D eigenvalue weighted by molar-refractivity contribution is 6.08. The van der Waals surface area contributed by atoms with Crippen LogP contribution >= 0.6 is 0 Å². The molecule has 0 unspecified atom stereocenters. The normalized spacial score (nSPS) is 21.5. The molecule has 0 bridgehead atoms. The summed E-state index contributed by atoms with van der Waals surface area (Å²) in [7, 11) is 1.39. The fraction of sp³-hybridized carbons (Fsp3) is 0.462. The second-order valence-electron chi connectivity index (χ2n) is 11.0. The fourth-order valence-electron chi connectivity index (χ4n) is 6.80. The zero-order valence-electron chi connectivity index (χ0n) is 22.3. The van der Waals surface area contributed by atoms with E-state index in [2.05, 4.69) is 25.3 Å². The van der Waals surface area contributed by atoms with Crippen LogP contribution in [-0.4, -0.2) is 70.8 Å². The molecule has 16 heteroatoms. The summed E-state index contributed by atoms with van der Waals surface area (Å²) in [6.07, 6.45) is -6.08. The minimum Gasteiger partial charge on any atom is -0.463 e. The van der Waals surface area contributed by atoms with Gasteiger partial charge in [0.15, 0.2) is 5.65 Å². The van der Waals surface area contributed by atoms with Crippen molar-refractivity contribution >= 4 is 33.0 Å². The minimum absolute atomic E-state index is 0.00241. The number of ether oxygens (including phenoxy) is 1. The summed E-state index contributed by atoms with van der Waals surface area (Å²) >= 11 is 0. The van der Waals surface area contributed by atoms with Crippen LogP contribution < -0.4 is 10.3 Å². The van der Waals surface area contributed by atoms with E-state index in [0.29, 0.717) is 13.0 Å². The summed E-state index contributed by atoms with van der Waals surface area (Å²) in [6, 6.07) is 1.06. The molecule has 2 atom stereocenters. The van der Waals surface area contributed by atoms with E-state index in [-0.39, 0.29) is 57.6 Å². The highest BCUT2D eigenvalue weighted by Crippen LogP contribution is 2.43. The van der Waals surface area contributed by atoms with E-state index in [1.807, 2.05) is 4.90 Å². The number of hydrogen-bond acceptors (Lipinski definition) is 6. The van der Waals surface area contributed by atoms with Gasteiger partial charge >= 0.3 is 6.18 Å². The number of nitrogens with one attached hydrogen (secondary N) is 2. The van der Waals surface area contributed by atoms with Gasteiger partial charge < -0.3 is 9.30 Å². The average molecular weight is 595 g/mol. The molecule has 42 heavy (non-hydrogen) atoms. The number of nitrogens with zero attached hydrogens (tertiary/aromatic N) is 6. The second-order valence-corrected chi connectivity index (χ2v) is 11.0. The molecule has 0 saturated carbocycles. The van der Waals surface area contributed by atoms with Crippen LogP contribution in [0.25, 0.3) is 38.7 Å². The quantitative estimate of drug-likeness (QED) is 0.286. The number of aromatic amines is 2. The third-order valence-electron chi connectivity index (χ3n) is 8.51. The zero-order chi connectivity index (χ0) is 29.7. The number of aryl methyl sites for hydroxylation is 2. The first-order chi connectivity index (χ1) is 19.9. The Morgan fingerprint density at radius 3 is 2.79 bits per heavy atom. The van der Waals surface area contributed by atoms with Crippen molar-refractivity contribution < 1.29 is 31.1 Å². The first-order valence-electron chi connectivity index (χ1n) is 13.3. The Morgan fingerprint density at radius 1 is 1.26 bits per heavy atom. The highest BCUT2D eigenvalue weighted by Gasteiger charge is 2.49. The van der Waals surface area contributed by atoms with E-state index in [1.54, 1.807) is 0 Å². The summed E-state index contributed by atoms with van der Waals surface area (Å²) < 4.78 is 94.0. The van der Waals surface area contributed by atoms with E-state index in [4.69, 9.17) is 4.74 Å². The zero-order valence-corrected chi connectivity index (χ0v) is 22.3. The molecule has 2 aliphatic heterocycles. The maximum Gasteiger partial charge on any atom is 0.418 e. The molecule has 7 rings (SSSR count). The van der Waals surface area contributed by atoms with Crippen molar-refractivity contribution in [3.63, 3.8) is 0 Å². The van der Waals surface area contributed by atoms with Gasteiger partial charge in [0.25, 0.3) is 18.0 Å². The van der Waals surface area contributed by atoms with E-state index in [1.165, 1.54) is 24.6 Å². The monoisotopic (exact) mass is 594 g/mol. The summed E-state index contributed by atoms with van der Waals surface area (Å²) in [5, 5.41) is 9.78. The molecular weight excluding hydrogens is 570 g/mol. The number of H-pyrrole nitrogens is 2. The van der Waals surface area contributed by atoms with Gasteiger partial charge in [-0.15, -0.1) is 0 Å². The van der Waals surface area contributed by atoms with Gasteiger partial charge in [-0.3, -0.25) is 19.8 Å². The molecule has 0 radical (unpaired) electrons. The first-order valence-corrected chi connectivity index (χ1v) is 13.3. The smallest absolute Gasteiger partial charge is 0.418 e. The van der Waals surface area contributed by atoms with Crippen LogP contribution in [0.2, 0.25) is 0 Å². The van der Waals surface area contributed by atoms with E-state index < -0.39 is 46.8 Å². The molecule has 2 saturated heterocycles. The number of aromatic nitrogens is 7. The lowest BCUT2D eigenvalue weighted by Gasteiger charge is -2.30. The molecule has 0 aliphatic carbocycles. The van der Waals surface area contributed by atoms with E-state index in [0.717, 1.165) is 23.8 Å². The highest BCUT2D eigenvalue weighted by atomic mass is 19.4. The predicted octanol–water partition coefficient (Wildman–Crippen LogP) is 4.70. The van der Waals surface area contributed by atoms with Crippen LogP contribution in [0.3, 0.4) is 0 Å². The largest absolute Gasteiger partial charge is 0.463 e. The van der Waals surface area contributed by atoms with Gasteiger partial charge in [0, 0.05) is 25.4 Å². The molecule has 4 aromatic heterocycles. The molecular formula is C26H24F6N8O2. The molecule has 2 N–H and O–H groups in total. The number of rotatable bonds is 5.